The normalized spacial score (nSPS) is 24.1. The van der Waals surface area contributed by atoms with Crippen LogP contribution >= 0.6 is 0 Å². The molecule has 0 spiro atoms. The highest BCUT2D eigenvalue weighted by atomic mass is 19.1. The Hall–Kier alpha value is -2.77. The van der Waals surface area contributed by atoms with Crippen LogP contribution in [0.1, 0.15) is 69.8 Å². The largest absolute Gasteiger partial charge is 0.371 e. The molecule has 1 aromatic heterocycles. The van der Waals surface area contributed by atoms with E-state index in [2.05, 4.69) is 37.2 Å². The van der Waals surface area contributed by atoms with Crippen molar-refractivity contribution < 1.29 is 4.39 Å². The number of rotatable bonds is 6. The van der Waals surface area contributed by atoms with Gasteiger partial charge in [-0.1, -0.05) is 0 Å². The zero-order valence-corrected chi connectivity index (χ0v) is 22.0. The molecule has 0 atom stereocenters. The number of piperidine rings is 2. The number of halogens is 1. The molecule has 6 rings (SSSR count). The molecule has 1 aliphatic carbocycles. The number of anilines is 3. The summed E-state index contributed by atoms with van der Waals surface area (Å²) < 4.78 is 15.3. The number of nitrogens with one attached hydrogen (secondary N) is 1. The number of nitrogens with zero attached hydrogens (tertiary/aromatic N) is 6. The number of hydrogen-bond acceptors (Lipinski definition) is 7. The van der Waals surface area contributed by atoms with Crippen LogP contribution in [0.25, 0.3) is 0 Å². The van der Waals surface area contributed by atoms with Gasteiger partial charge in [0.05, 0.1) is 23.8 Å². The molecule has 1 saturated carbocycles. The predicted molar refractivity (Wildman–Crippen MR) is 146 cm³/mol. The highest BCUT2D eigenvalue weighted by molar-refractivity contribution is 5.51. The van der Waals surface area contributed by atoms with Crippen LogP contribution in [0, 0.1) is 11.7 Å². The minimum Gasteiger partial charge on any atom is -0.371 e. The van der Waals surface area contributed by atoms with Crippen molar-refractivity contribution in [2.75, 3.05) is 54.4 Å². The molecule has 2 aromatic rings. The van der Waals surface area contributed by atoms with Crippen molar-refractivity contribution in [1.29, 1.82) is 0 Å². The van der Waals surface area contributed by atoms with Crippen LogP contribution in [0.15, 0.2) is 28.4 Å². The maximum atomic E-state index is 15.3. The molecule has 7 nitrogen and oxygen atoms in total. The second-order valence-electron chi connectivity index (χ2n) is 11.3. The van der Waals surface area contributed by atoms with Crippen molar-refractivity contribution in [3.05, 3.63) is 40.6 Å². The summed E-state index contributed by atoms with van der Waals surface area (Å²) in [6.07, 6.45) is 14.2. The van der Waals surface area contributed by atoms with Crippen LogP contribution in [-0.2, 0) is 6.42 Å². The number of hydrogen-bond donors (Lipinski definition) is 1. The van der Waals surface area contributed by atoms with Gasteiger partial charge in [-0.15, -0.1) is 0 Å². The standard InChI is InChI=1S/C29H40FN7/c30-26-28(33-20-34-29(26)37-15-5-2-6-16-37)35-23-9-7-21(8-10-23)17-22-18-24(36-13-3-1-4-14-36)19-25-27(22)32-12-11-31-25/h18-21,23H,1-17H2,(H,33,34,35). The number of aromatic nitrogens is 2. The molecular weight excluding hydrogens is 465 g/mol. The van der Waals surface area contributed by atoms with Gasteiger partial charge in [0, 0.05) is 37.9 Å². The van der Waals surface area contributed by atoms with Gasteiger partial charge in [0.25, 0.3) is 0 Å². The van der Waals surface area contributed by atoms with Crippen molar-refractivity contribution in [3.8, 4) is 0 Å². The molecule has 0 bridgehead atoms. The lowest BCUT2D eigenvalue weighted by molar-refractivity contribution is 0.334. The van der Waals surface area contributed by atoms with E-state index in [1.54, 1.807) is 0 Å². The first-order valence-corrected chi connectivity index (χ1v) is 14.5. The van der Waals surface area contributed by atoms with E-state index in [-0.39, 0.29) is 11.9 Å². The van der Waals surface area contributed by atoms with Crippen LogP contribution < -0.4 is 25.8 Å². The maximum Gasteiger partial charge on any atom is 0.207 e. The zero-order valence-electron chi connectivity index (χ0n) is 22.0. The van der Waals surface area contributed by atoms with Gasteiger partial charge in [0.2, 0.25) is 5.82 Å². The average Bonchev–Trinajstić information content (AvgIpc) is 2.96. The van der Waals surface area contributed by atoms with E-state index in [0.29, 0.717) is 17.6 Å². The number of fused-ring (bicyclic) bond motifs is 1. The summed E-state index contributed by atoms with van der Waals surface area (Å²) in [5, 5.41) is 5.63. The molecule has 4 heterocycles. The molecule has 3 aliphatic heterocycles. The van der Waals surface area contributed by atoms with Crippen molar-refractivity contribution >= 4 is 17.3 Å². The Morgan fingerprint density at radius 2 is 1.51 bits per heavy atom. The van der Waals surface area contributed by atoms with Gasteiger partial charge in [-0.2, -0.15) is 4.39 Å². The van der Waals surface area contributed by atoms with Gasteiger partial charge in [0.15, 0.2) is 11.6 Å². The second-order valence-corrected chi connectivity index (χ2v) is 11.3. The molecule has 1 N–H and O–H groups in total. The summed E-state index contributed by atoms with van der Waals surface area (Å²) in [7, 11) is 0. The molecule has 4 aliphatic rings. The van der Waals surface area contributed by atoms with E-state index in [0.717, 1.165) is 94.9 Å². The molecule has 0 unspecified atom stereocenters. The van der Waals surface area contributed by atoms with E-state index in [1.165, 1.54) is 43.3 Å². The third-order valence-corrected chi connectivity index (χ3v) is 8.65. The molecule has 8 heteroatoms. The summed E-state index contributed by atoms with van der Waals surface area (Å²) >= 11 is 0. The fraction of sp³-hybridized carbons (Fsp3) is 0.655. The molecule has 2 saturated heterocycles. The Kier molecular flexibility index (Phi) is 7.51. The lowest BCUT2D eigenvalue weighted by Crippen LogP contribution is -2.38. The van der Waals surface area contributed by atoms with Crippen molar-refractivity contribution in [1.82, 2.24) is 9.97 Å². The summed E-state index contributed by atoms with van der Waals surface area (Å²) in [5.41, 5.74) is 2.69. The monoisotopic (exact) mass is 505 g/mol. The number of benzene rings is 1. The third-order valence-electron chi connectivity index (χ3n) is 8.65. The summed E-state index contributed by atoms with van der Waals surface area (Å²) in [5.74, 6) is 1.15. The van der Waals surface area contributed by atoms with Crippen LogP contribution in [0.5, 0.6) is 0 Å². The van der Waals surface area contributed by atoms with Gasteiger partial charge in [0.1, 0.15) is 6.33 Å². The summed E-state index contributed by atoms with van der Waals surface area (Å²) in [6, 6.07) is 4.92. The molecule has 0 radical (unpaired) electrons. The minimum absolute atomic E-state index is 0.253. The molecule has 0 amide bonds. The second kappa shape index (κ2) is 11.3. The fourth-order valence-corrected chi connectivity index (χ4v) is 6.59. The van der Waals surface area contributed by atoms with E-state index in [1.807, 2.05) is 0 Å². The third kappa shape index (κ3) is 5.58. The lowest BCUT2D eigenvalue weighted by Gasteiger charge is -2.32. The van der Waals surface area contributed by atoms with E-state index < -0.39 is 0 Å². The molecule has 3 fully saturated rings. The minimum atomic E-state index is -0.293. The predicted octanol–water partition coefficient (Wildman–Crippen LogP) is 4.06. The quantitative estimate of drug-likeness (QED) is 0.641. The van der Waals surface area contributed by atoms with Crippen molar-refractivity contribution in [2.24, 2.45) is 15.9 Å². The molecule has 1 aromatic carbocycles. The van der Waals surface area contributed by atoms with Gasteiger partial charge >= 0.3 is 0 Å². The first kappa shape index (κ1) is 24.6. The van der Waals surface area contributed by atoms with E-state index in [9.17, 15) is 0 Å². The Morgan fingerprint density at radius 1 is 0.811 bits per heavy atom. The van der Waals surface area contributed by atoms with Crippen molar-refractivity contribution in [3.63, 3.8) is 0 Å². The van der Waals surface area contributed by atoms with Gasteiger partial charge in [-0.05, 0) is 94.2 Å². The highest BCUT2D eigenvalue weighted by Crippen LogP contribution is 2.31. The van der Waals surface area contributed by atoms with Gasteiger partial charge < -0.3 is 15.1 Å². The Morgan fingerprint density at radius 3 is 2.27 bits per heavy atom. The Bertz CT molecular complexity index is 1200. The Labute approximate surface area is 219 Å². The van der Waals surface area contributed by atoms with E-state index >= 15 is 4.39 Å². The topological polar surface area (TPSA) is 69.0 Å². The first-order valence-electron chi connectivity index (χ1n) is 14.5. The average molecular weight is 506 g/mol. The van der Waals surface area contributed by atoms with E-state index in [4.69, 9.17) is 9.98 Å². The highest BCUT2D eigenvalue weighted by Gasteiger charge is 2.26. The smallest absolute Gasteiger partial charge is 0.207 e. The van der Waals surface area contributed by atoms with Gasteiger partial charge in [-0.25, -0.2) is 9.97 Å². The SMILES string of the molecule is Fc1c(NC2CCC(Cc3cc(N4CCCCC4)cc4c3=NCCN=4)CC2)ncnc1N1CCCCC1. The zero-order chi connectivity index (χ0) is 25.0. The summed E-state index contributed by atoms with van der Waals surface area (Å²) in [4.78, 5) is 22.9. The van der Waals surface area contributed by atoms with Gasteiger partial charge in [-0.3, -0.25) is 9.98 Å². The van der Waals surface area contributed by atoms with Crippen LogP contribution in [0.2, 0.25) is 0 Å². The fourth-order valence-electron chi connectivity index (χ4n) is 6.59. The molecular formula is C29H40FN7. The van der Waals surface area contributed by atoms with Crippen molar-refractivity contribution in [2.45, 2.75) is 76.7 Å². The molecule has 37 heavy (non-hydrogen) atoms. The maximum absolute atomic E-state index is 15.3. The first-order chi connectivity index (χ1) is 18.2. The lowest BCUT2D eigenvalue weighted by atomic mass is 9.82. The van der Waals surface area contributed by atoms with Crippen LogP contribution in [0.4, 0.5) is 21.7 Å². The van der Waals surface area contributed by atoms with Crippen LogP contribution in [-0.4, -0.2) is 55.3 Å². The van der Waals surface area contributed by atoms with Crippen LogP contribution in [0.3, 0.4) is 0 Å². The summed E-state index contributed by atoms with van der Waals surface area (Å²) in [6.45, 7) is 5.63. The Balaban J connectivity index is 1.11. The molecule has 198 valence electrons.